The number of benzene rings is 1. The van der Waals surface area contributed by atoms with Gasteiger partial charge < -0.3 is 4.90 Å². The Labute approximate surface area is 141 Å². The van der Waals surface area contributed by atoms with Crippen LogP contribution in [0.2, 0.25) is 0 Å². The maximum atomic E-state index is 12.5. The van der Waals surface area contributed by atoms with Gasteiger partial charge in [0.2, 0.25) is 10.0 Å². The van der Waals surface area contributed by atoms with Crippen LogP contribution in [0.25, 0.3) is 11.0 Å². The summed E-state index contributed by atoms with van der Waals surface area (Å²) in [7, 11) is 0.350. The molecule has 1 aromatic carbocycles. The lowest BCUT2D eigenvalue weighted by atomic mass is 9.93. The molecule has 0 aliphatic rings. The zero-order valence-electron chi connectivity index (χ0n) is 13.0. The van der Waals surface area contributed by atoms with E-state index in [9.17, 15) is 8.42 Å². The molecule has 0 unspecified atom stereocenters. The Morgan fingerprint density at radius 2 is 1.95 bits per heavy atom. The standard InChI is InChI=1S/C13H20N4O2S2.ClH/c1-13(2,9-17(3)4)8-14-21(18,19)11-7-5-6-10-12(11)16-20-15-10;/h5-7,14H,8-9H2,1-4H3;1H. The molecule has 0 aliphatic carbocycles. The van der Waals surface area contributed by atoms with Gasteiger partial charge in [-0.15, -0.1) is 12.4 Å². The second-order valence-electron chi connectivity index (χ2n) is 6.11. The van der Waals surface area contributed by atoms with E-state index < -0.39 is 10.0 Å². The summed E-state index contributed by atoms with van der Waals surface area (Å²) in [6, 6.07) is 5.00. The first-order valence-corrected chi connectivity index (χ1v) is 8.78. The Kier molecular flexibility index (Phi) is 6.28. The molecule has 0 saturated carbocycles. The second-order valence-corrected chi connectivity index (χ2v) is 8.38. The molecule has 0 saturated heterocycles. The van der Waals surface area contributed by atoms with E-state index in [4.69, 9.17) is 0 Å². The molecule has 0 spiro atoms. The van der Waals surface area contributed by atoms with Crippen molar-refractivity contribution in [1.29, 1.82) is 0 Å². The minimum Gasteiger partial charge on any atom is -0.309 e. The minimum absolute atomic E-state index is 0. The number of halogens is 1. The highest BCUT2D eigenvalue weighted by Gasteiger charge is 2.25. The molecule has 1 N–H and O–H groups in total. The molecule has 1 heterocycles. The van der Waals surface area contributed by atoms with E-state index in [0.29, 0.717) is 17.6 Å². The van der Waals surface area contributed by atoms with Gasteiger partial charge in [0, 0.05) is 13.1 Å². The van der Waals surface area contributed by atoms with E-state index >= 15 is 0 Å². The van der Waals surface area contributed by atoms with Crippen molar-refractivity contribution >= 4 is 45.2 Å². The number of hydrogen-bond acceptors (Lipinski definition) is 6. The highest BCUT2D eigenvalue weighted by atomic mass is 35.5. The predicted octanol–water partition coefficient (Wildman–Crippen LogP) is 1.98. The molecule has 0 radical (unpaired) electrons. The summed E-state index contributed by atoms with van der Waals surface area (Å²) >= 11 is 1.02. The third-order valence-corrected chi connectivity index (χ3v) is 5.00. The van der Waals surface area contributed by atoms with E-state index in [1.54, 1.807) is 18.2 Å². The van der Waals surface area contributed by atoms with Gasteiger partial charge >= 0.3 is 0 Å². The maximum Gasteiger partial charge on any atom is 0.242 e. The summed E-state index contributed by atoms with van der Waals surface area (Å²) in [5, 5.41) is 0. The van der Waals surface area contributed by atoms with Crippen LogP contribution in [0.5, 0.6) is 0 Å². The lowest BCUT2D eigenvalue weighted by Crippen LogP contribution is -2.40. The van der Waals surface area contributed by atoms with Crippen molar-refractivity contribution in [2.75, 3.05) is 27.2 Å². The topological polar surface area (TPSA) is 75.2 Å². The Bertz CT molecular complexity index is 728. The van der Waals surface area contributed by atoms with E-state index in [1.165, 1.54) is 0 Å². The average molecular weight is 365 g/mol. The Morgan fingerprint density at radius 3 is 2.59 bits per heavy atom. The van der Waals surface area contributed by atoms with Crippen LogP contribution in [0.15, 0.2) is 23.1 Å². The third-order valence-electron chi connectivity index (χ3n) is 3.02. The predicted molar refractivity (Wildman–Crippen MR) is 92.2 cm³/mol. The highest BCUT2D eigenvalue weighted by molar-refractivity contribution is 7.89. The summed E-state index contributed by atoms with van der Waals surface area (Å²) in [6.07, 6.45) is 0. The van der Waals surface area contributed by atoms with Crippen molar-refractivity contribution in [3.63, 3.8) is 0 Å². The molecule has 2 aromatic rings. The fourth-order valence-corrected chi connectivity index (χ4v) is 4.28. The van der Waals surface area contributed by atoms with Crippen LogP contribution < -0.4 is 4.72 Å². The molecule has 1 aromatic heterocycles. The van der Waals surface area contributed by atoms with Gasteiger partial charge in [0.15, 0.2) is 0 Å². The fraction of sp³-hybridized carbons (Fsp3) is 0.538. The number of fused-ring (bicyclic) bond motifs is 1. The van der Waals surface area contributed by atoms with Crippen molar-refractivity contribution in [2.45, 2.75) is 18.7 Å². The van der Waals surface area contributed by atoms with E-state index in [0.717, 1.165) is 18.3 Å². The third kappa shape index (κ3) is 4.60. The van der Waals surface area contributed by atoms with Gasteiger partial charge in [-0.2, -0.15) is 8.75 Å². The molecular weight excluding hydrogens is 344 g/mol. The lowest BCUT2D eigenvalue weighted by Gasteiger charge is -2.28. The molecule has 0 amide bonds. The Hall–Kier alpha value is -0.800. The Balaban J connectivity index is 0.00000242. The van der Waals surface area contributed by atoms with Crippen LogP contribution >= 0.6 is 24.1 Å². The molecule has 2 rings (SSSR count). The smallest absolute Gasteiger partial charge is 0.242 e. The van der Waals surface area contributed by atoms with Gasteiger partial charge in [-0.05, 0) is 31.6 Å². The largest absolute Gasteiger partial charge is 0.309 e. The zero-order chi connectivity index (χ0) is 15.7. The van der Waals surface area contributed by atoms with Crippen LogP contribution in [-0.2, 0) is 10.0 Å². The van der Waals surface area contributed by atoms with Crippen molar-refractivity contribution in [3.8, 4) is 0 Å². The molecule has 0 aliphatic heterocycles. The lowest BCUT2D eigenvalue weighted by molar-refractivity contribution is 0.242. The van der Waals surface area contributed by atoms with Gasteiger partial charge in [-0.25, -0.2) is 13.1 Å². The van der Waals surface area contributed by atoms with Gasteiger partial charge in [0.1, 0.15) is 15.9 Å². The molecule has 0 bridgehead atoms. The van der Waals surface area contributed by atoms with E-state index in [2.05, 4.69) is 13.5 Å². The number of rotatable bonds is 6. The first-order chi connectivity index (χ1) is 9.71. The van der Waals surface area contributed by atoms with E-state index in [-0.39, 0.29) is 22.7 Å². The first-order valence-electron chi connectivity index (χ1n) is 6.57. The second kappa shape index (κ2) is 7.18. The molecule has 0 fully saturated rings. The highest BCUT2D eigenvalue weighted by Crippen LogP contribution is 2.22. The van der Waals surface area contributed by atoms with Crippen LogP contribution in [-0.4, -0.2) is 49.2 Å². The van der Waals surface area contributed by atoms with Crippen molar-refractivity contribution in [2.24, 2.45) is 5.41 Å². The average Bonchev–Trinajstić information content (AvgIpc) is 2.83. The van der Waals surface area contributed by atoms with Crippen LogP contribution in [0.3, 0.4) is 0 Å². The summed E-state index contributed by atoms with van der Waals surface area (Å²) in [4.78, 5) is 2.23. The Morgan fingerprint density at radius 1 is 1.27 bits per heavy atom. The van der Waals surface area contributed by atoms with Gasteiger partial charge in [-0.3, -0.25) is 0 Å². The van der Waals surface area contributed by atoms with Crippen molar-refractivity contribution in [3.05, 3.63) is 18.2 Å². The maximum absolute atomic E-state index is 12.5. The molecular formula is C13H21ClN4O2S2. The summed E-state index contributed by atoms with van der Waals surface area (Å²) in [5.41, 5.74) is 0.876. The monoisotopic (exact) mass is 364 g/mol. The minimum atomic E-state index is -3.59. The van der Waals surface area contributed by atoms with Crippen molar-refractivity contribution in [1.82, 2.24) is 18.4 Å². The summed E-state index contributed by atoms with van der Waals surface area (Å²) < 4.78 is 35.8. The molecule has 6 nitrogen and oxygen atoms in total. The molecule has 22 heavy (non-hydrogen) atoms. The van der Waals surface area contributed by atoms with Crippen LogP contribution in [0.1, 0.15) is 13.8 Å². The molecule has 0 atom stereocenters. The summed E-state index contributed by atoms with van der Waals surface area (Å²) in [5.74, 6) is 0. The number of sulfonamides is 1. The van der Waals surface area contributed by atoms with Gasteiger partial charge in [-0.1, -0.05) is 19.9 Å². The number of nitrogens with one attached hydrogen (secondary N) is 1. The van der Waals surface area contributed by atoms with Gasteiger partial charge in [0.05, 0.1) is 11.7 Å². The zero-order valence-corrected chi connectivity index (χ0v) is 15.5. The molecule has 9 heteroatoms. The number of aromatic nitrogens is 2. The quantitative estimate of drug-likeness (QED) is 0.848. The number of nitrogens with zero attached hydrogens (tertiary/aromatic N) is 3. The summed E-state index contributed by atoms with van der Waals surface area (Å²) in [6.45, 7) is 5.21. The van der Waals surface area contributed by atoms with E-state index in [1.807, 2.05) is 32.8 Å². The number of hydrogen-bond donors (Lipinski definition) is 1. The van der Waals surface area contributed by atoms with Gasteiger partial charge in [0.25, 0.3) is 0 Å². The first kappa shape index (κ1) is 19.2. The molecule has 124 valence electrons. The van der Waals surface area contributed by atoms with Crippen LogP contribution in [0.4, 0.5) is 0 Å². The van der Waals surface area contributed by atoms with Crippen molar-refractivity contribution < 1.29 is 8.42 Å². The fourth-order valence-electron chi connectivity index (χ4n) is 2.28. The normalized spacial score (nSPS) is 12.6. The SMILES string of the molecule is CN(C)CC(C)(C)CNS(=O)(=O)c1cccc2nsnc12.Cl. The van der Waals surface area contributed by atoms with Crippen LogP contribution in [0, 0.1) is 5.41 Å².